The molecule has 0 bridgehead atoms. The van der Waals surface area contributed by atoms with Crippen molar-refractivity contribution in [2.24, 2.45) is 5.92 Å². The van der Waals surface area contributed by atoms with Gasteiger partial charge in [0.15, 0.2) is 0 Å². The van der Waals surface area contributed by atoms with Crippen molar-refractivity contribution in [3.63, 3.8) is 0 Å². The van der Waals surface area contributed by atoms with Crippen LogP contribution >= 0.6 is 0 Å². The van der Waals surface area contributed by atoms with Gasteiger partial charge in [-0.15, -0.1) is 0 Å². The van der Waals surface area contributed by atoms with Crippen LogP contribution in [0.25, 0.3) is 11.3 Å². The van der Waals surface area contributed by atoms with E-state index in [1.165, 1.54) is 0 Å². The maximum Gasteiger partial charge on any atom is 0.272 e. The van der Waals surface area contributed by atoms with E-state index in [1.807, 2.05) is 43.3 Å². The molecule has 1 aromatic carbocycles. The molecule has 1 aliphatic heterocycles. The second-order valence-electron chi connectivity index (χ2n) is 7.56. The number of carbonyl (C=O) groups excluding carboxylic acids is 2. The summed E-state index contributed by atoms with van der Waals surface area (Å²) in [4.78, 5) is 35.7. The SMILES string of the molecule is Cc1cc(C(=O)N2CCC(C(=O)Nc3cccc(-c4ccco4)c3)CC2)nc(C)n1. The molecule has 7 heteroatoms. The first kappa shape index (κ1) is 19.8. The van der Waals surface area contributed by atoms with E-state index in [4.69, 9.17) is 4.42 Å². The van der Waals surface area contributed by atoms with Crippen molar-refractivity contribution in [2.75, 3.05) is 18.4 Å². The number of hydrogen-bond acceptors (Lipinski definition) is 5. The molecular formula is C23H24N4O3. The molecule has 1 N–H and O–H groups in total. The van der Waals surface area contributed by atoms with Gasteiger partial charge in [-0.1, -0.05) is 12.1 Å². The minimum Gasteiger partial charge on any atom is -0.464 e. The zero-order chi connectivity index (χ0) is 21.1. The van der Waals surface area contributed by atoms with Gasteiger partial charge in [0.05, 0.1) is 6.26 Å². The van der Waals surface area contributed by atoms with E-state index in [0.29, 0.717) is 37.4 Å². The summed E-state index contributed by atoms with van der Waals surface area (Å²) < 4.78 is 5.42. The molecule has 154 valence electrons. The normalized spacial score (nSPS) is 14.5. The molecule has 1 aliphatic rings. The average Bonchev–Trinajstić information content (AvgIpc) is 3.28. The van der Waals surface area contributed by atoms with Gasteiger partial charge in [0.2, 0.25) is 5.91 Å². The largest absolute Gasteiger partial charge is 0.464 e. The van der Waals surface area contributed by atoms with E-state index in [1.54, 1.807) is 24.2 Å². The smallest absolute Gasteiger partial charge is 0.272 e. The molecule has 0 spiro atoms. The van der Waals surface area contributed by atoms with Crippen LogP contribution in [0.15, 0.2) is 53.1 Å². The lowest BCUT2D eigenvalue weighted by atomic mass is 9.95. The van der Waals surface area contributed by atoms with Gasteiger partial charge >= 0.3 is 0 Å². The fourth-order valence-electron chi connectivity index (χ4n) is 3.77. The highest BCUT2D eigenvalue weighted by molar-refractivity contribution is 5.94. The Kier molecular flexibility index (Phi) is 5.61. The van der Waals surface area contributed by atoms with Gasteiger partial charge in [0.25, 0.3) is 5.91 Å². The molecule has 7 nitrogen and oxygen atoms in total. The van der Waals surface area contributed by atoms with Gasteiger partial charge in [-0.25, -0.2) is 9.97 Å². The molecule has 2 aromatic heterocycles. The molecule has 3 heterocycles. The molecule has 0 aliphatic carbocycles. The lowest BCUT2D eigenvalue weighted by molar-refractivity contribution is -0.121. The molecular weight excluding hydrogens is 380 g/mol. The molecule has 0 radical (unpaired) electrons. The van der Waals surface area contributed by atoms with Crippen molar-refractivity contribution in [1.82, 2.24) is 14.9 Å². The van der Waals surface area contributed by atoms with E-state index in [0.717, 1.165) is 22.7 Å². The summed E-state index contributed by atoms with van der Waals surface area (Å²) >= 11 is 0. The van der Waals surface area contributed by atoms with Crippen LogP contribution in [-0.4, -0.2) is 39.8 Å². The van der Waals surface area contributed by atoms with E-state index < -0.39 is 0 Å². The number of amides is 2. The van der Waals surface area contributed by atoms with Crippen molar-refractivity contribution in [3.05, 3.63) is 65.9 Å². The highest BCUT2D eigenvalue weighted by atomic mass is 16.3. The first-order valence-electron chi connectivity index (χ1n) is 10.1. The number of likely N-dealkylation sites (tertiary alicyclic amines) is 1. The lowest BCUT2D eigenvalue weighted by Crippen LogP contribution is -2.41. The molecule has 4 rings (SSSR count). The summed E-state index contributed by atoms with van der Waals surface area (Å²) in [5, 5.41) is 3.00. The van der Waals surface area contributed by atoms with Crippen LogP contribution in [0.5, 0.6) is 0 Å². The third-order valence-electron chi connectivity index (χ3n) is 5.27. The number of anilines is 1. The fraction of sp³-hybridized carbons (Fsp3) is 0.304. The van der Waals surface area contributed by atoms with Crippen molar-refractivity contribution in [1.29, 1.82) is 0 Å². The van der Waals surface area contributed by atoms with Gasteiger partial charge in [0.1, 0.15) is 17.3 Å². The fourth-order valence-corrected chi connectivity index (χ4v) is 3.77. The van der Waals surface area contributed by atoms with Crippen LogP contribution in [0.4, 0.5) is 5.69 Å². The van der Waals surface area contributed by atoms with Crippen molar-refractivity contribution in [2.45, 2.75) is 26.7 Å². The minimum atomic E-state index is -0.129. The third-order valence-corrected chi connectivity index (χ3v) is 5.27. The van der Waals surface area contributed by atoms with E-state index in [-0.39, 0.29) is 17.7 Å². The second kappa shape index (κ2) is 8.49. The first-order valence-corrected chi connectivity index (χ1v) is 10.1. The van der Waals surface area contributed by atoms with Crippen LogP contribution in [0.3, 0.4) is 0 Å². The molecule has 30 heavy (non-hydrogen) atoms. The predicted molar refractivity (Wildman–Crippen MR) is 113 cm³/mol. The summed E-state index contributed by atoms with van der Waals surface area (Å²) in [5.74, 6) is 1.09. The number of hydrogen-bond donors (Lipinski definition) is 1. The van der Waals surface area contributed by atoms with Gasteiger partial charge in [-0.05, 0) is 57.0 Å². The average molecular weight is 404 g/mol. The number of nitrogens with zero attached hydrogens (tertiary/aromatic N) is 3. The number of aryl methyl sites for hydroxylation is 2. The van der Waals surface area contributed by atoms with E-state index in [2.05, 4.69) is 15.3 Å². The molecule has 2 amide bonds. The quantitative estimate of drug-likeness (QED) is 0.714. The van der Waals surface area contributed by atoms with Crippen molar-refractivity contribution < 1.29 is 14.0 Å². The predicted octanol–water partition coefficient (Wildman–Crippen LogP) is 3.84. The first-order chi connectivity index (χ1) is 14.5. The summed E-state index contributed by atoms with van der Waals surface area (Å²) in [5.41, 5.74) is 2.84. The van der Waals surface area contributed by atoms with Gasteiger partial charge in [0, 0.05) is 36.0 Å². The zero-order valence-corrected chi connectivity index (χ0v) is 17.1. The number of carbonyl (C=O) groups is 2. The number of aromatic nitrogens is 2. The molecule has 0 atom stereocenters. The molecule has 1 saturated heterocycles. The number of furan rings is 1. The number of nitrogens with one attached hydrogen (secondary N) is 1. The van der Waals surface area contributed by atoms with Crippen molar-refractivity contribution in [3.8, 4) is 11.3 Å². The van der Waals surface area contributed by atoms with E-state index >= 15 is 0 Å². The summed E-state index contributed by atoms with van der Waals surface area (Å²) in [7, 11) is 0. The number of rotatable bonds is 4. The Morgan fingerprint density at radius 1 is 1.07 bits per heavy atom. The Bertz CT molecular complexity index is 1030. The maximum absolute atomic E-state index is 12.7. The second-order valence-corrected chi connectivity index (χ2v) is 7.56. The Labute approximate surface area is 175 Å². The molecule has 0 saturated carbocycles. The molecule has 0 unspecified atom stereocenters. The van der Waals surface area contributed by atoms with E-state index in [9.17, 15) is 9.59 Å². The summed E-state index contributed by atoms with van der Waals surface area (Å²) in [6.45, 7) is 4.70. The maximum atomic E-state index is 12.7. The Hall–Kier alpha value is -3.48. The number of benzene rings is 1. The summed E-state index contributed by atoms with van der Waals surface area (Å²) in [6.07, 6.45) is 2.87. The Balaban J connectivity index is 1.35. The van der Waals surface area contributed by atoms with Gasteiger partial charge in [-0.3, -0.25) is 9.59 Å². The molecule has 3 aromatic rings. The minimum absolute atomic E-state index is 0.0209. The van der Waals surface area contributed by atoms with Crippen molar-refractivity contribution >= 4 is 17.5 Å². The zero-order valence-electron chi connectivity index (χ0n) is 17.1. The van der Waals surface area contributed by atoms with Crippen LogP contribution in [0, 0.1) is 19.8 Å². The standard InChI is InChI=1S/C23H24N4O3/c1-15-13-20(25-16(2)24-15)23(29)27-10-8-17(9-11-27)22(28)26-19-6-3-5-18(14-19)21-7-4-12-30-21/h3-7,12-14,17H,8-11H2,1-2H3,(H,26,28). The van der Waals surface area contributed by atoms with Crippen LogP contribution < -0.4 is 5.32 Å². The van der Waals surface area contributed by atoms with Gasteiger partial charge in [-0.2, -0.15) is 0 Å². The van der Waals surface area contributed by atoms with Gasteiger partial charge < -0.3 is 14.6 Å². The number of piperidine rings is 1. The topological polar surface area (TPSA) is 88.3 Å². The van der Waals surface area contributed by atoms with Crippen LogP contribution in [-0.2, 0) is 4.79 Å². The highest BCUT2D eigenvalue weighted by Crippen LogP contribution is 2.25. The Morgan fingerprint density at radius 3 is 2.57 bits per heavy atom. The van der Waals surface area contributed by atoms with Crippen LogP contribution in [0.2, 0.25) is 0 Å². The lowest BCUT2D eigenvalue weighted by Gasteiger charge is -2.31. The third kappa shape index (κ3) is 4.40. The molecule has 1 fully saturated rings. The summed E-state index contributed by atoms with van der Waals surface area (Å²) in [6, 6.07) is 13.0. The monoisotopic (exact) mass is 404 g/mol. The van der Waals surface area contributed by atoms with Crippen LogP contribution in [0.1, 0.15) is 34.8 Å². The Morgan fingerprint density at radius 2 is 1.87 bits per heavy atom. The highest BCUT2D eigenvalue weighted by Gasteiger charge is 2.28.